The molecule has 26 heavy (non-hydrogen) atoms. The molecule has 0 aliphatic carbocycles. The fourth-order valence-electron chi connectivity index (χ4n) is 2.73. The van der Waals surface area contributed by atoms with Crippen molar-refractivity contribution in [3.63, 3.8) is 0 Å². The number of phenols is 1. The number of nitrogens with zero attached hydrogens (tertiary/aromatic N) is 2. The summed E-state index contributed by atoms with van der Waals surface area (Å²) in [6.45, 7) is 0. The molecule has 1 aromatic heterocycles. The Morgan fingerprint density at radius 2 is 1.77 bits per heavy atom. The number of benzene rings is 3. The minimum absolute atomic E-state index is 0.205. The molecule has 0 amide bonds. The summed E-state index contributed by atoms with van der Waals surface area (Å²) in [6.07, 6.45) is 2.43. The molecule has 4 rings (SSSR count). The highest BCUT2D eigenvalue weighted by Crippen LogP contribution is 2.25. The van der Waals surface area contributed by atoms with Crippen molar-refractivity contribution in [3.05, 3.63) is 89.5 Å². The number of fused-ring (bicyclic) bond motifs is 1. The van der Waals surface area contributed by atoms with Crippen LogP contribution in [0.3, 0.4) is 0 Å². The van der Waals surface area contributed by atoms with E-state index in [1.54, 1.807) is 23.6 Å². The number of anilines is 1. The molecule has 0 saturated carbocycles. The lowest BCUT2D eigenvalue weighted by molar-refractivity contribution is 0.474. The van der Waals surface area contributed by atoms with Crippen molar-refractivity contribution >= 4 is 32.9 Å². The number of nitrogens with one attached hydrogen (secondary N) is 1. The number of phenolic OH excluding ortho intramolecular Hbond substituents is 1. The van der Waals surface area contributed by atoms with Gasteiger partial charge in [-0.2, -0.15) is 5.10 Å². The van der Waals surface area contributed by atoms with Crippen LogP contribution < -0.4 is 5.43 Å². The zero-order chi connectivity index (χ0) is 17.8. The first-order chi connectivity index (χ1) is 12.8. The molecule has 1 heterocycles. The maximum Gasteiger partial charge on any atom is 0.204 e. The first kappa shape index (κ1) is 16.3. The zero-order valence-corrected chi connectivity index (χ0v) is 14.8. The van der Waals surface area contributed by atoms with Gasteiger partial charge in [0.2, 0.25) is 5.13 Å². The summed E-state index contributed by atoms with van der Waals surface area (Å²) in [5.41, 5.74) is 6.92. The predicted molar refractivity (Wildman–Crippen MR) is 108 cm³/mol. The standard InChI is InChI=1S/C21H17N3OS/c25-19-11-10-16(12-15-6-2-1-3-7-15)13-17(19)14-22-24-21-23-18-8-4-5-9-20(18)26-21/h1-11,13-14,25H,12H2,(H,23,24)/b22-14+. The highest BCUT2D eigenvalue weighted by atomic mass is 32.1. The van der Waals surface area contributed by atoms with Crippen molar-refractivity contribution in [2.45, 2.75) is 6.42 Å². The summed E-state index contributed by atoms with van der Waals surface area (Å²) in [7, 11) is 0. The summed E-state index contributed by atoms with van der Waals surface area (Å²) in [4.78, 5) is 4.47. The largest absolute Gasteiger partial charge is 0.507 e. The lowest BCUT2D eigenvalue weighted by atomic mass is 10.0. The van der Waals surface area contributed by atoms with Crippen LogP contribution in [0.4, 0.5) is 5.13 Å². The van der Waals surface area contributed by atoms with Gasteiger partial charge in [-0.25, -0.2) is 4.98 Å². The molecule has 2 N–H and O–H groups in total. The fourth-order valence-corrected chi connectivity index (χ4v) is 3.54. The van der Waals surface area contributed by atoms with Gasteiger partial charge in [0.05, 0.1) is 16.4 Å². The van der Waals surface area contributed by atoms with Gasteiger partial charge in [0, 0.05) is 5.56 Å². The van der Waals surface area contributed by atoms with E-state index in [9.17, 15) is 5.11 Å². The second kappa shape index (κ2) is 7.37. The number of hydrazone groups is 1. The van der Waals surface area contributed by atoms with Crippen LogP contribution in [0, 0.1) is 0 Å². The molecular weight excluding hydrogens is 342 g/mol. The Bertz CT molecular complexity index is 1020. The number of hydrogen-bond acceptors (Lipinski definition) is 5. The van der Waals surface area contributed by atoms with Gasteiger partial charge in [-0.15, -0.1) is 0 Å². The Labute approximate surface area is 155 Å². The average Bonchev–Trinajstić information content (AvgIpc) is 3.08. The summed E-state index contributed by atoms with van der Waals surface area (Å²) in [5, 5.41) is 15.0. The van der Waals surface area contributed by atoms with E-state index in [4.69, 9.17) is 0 Å². The molecule has 0 atom stereocenters. The number of rotatable bonds is 5. The molecule has 0 radical (unpaired) electrons. The van der Waals surface area contributed by atoms with Gasteiger partial charge >= 0.3 is 0 Å². The van der Waals surface area contributed by atoms with Crippen LogP contribution >= 0.6 is 11.3 Å². The van der Waals surface area contributed by atoms with Crippen LogP contribution in [0.15, 0.2) is 77.9 Å². The third kappa shape index (κ3) is 3.73. The Morgan fingerprint density at radius 1 is 0.962 bits per heavy atom. The second-order valence-corrected chi connectivity index (χ2v) is 6.94. The molecule has 0 saturated heterocycles. The van der Waals surface area contributed by atoms with Crippen LogP contribution in [-0.4, -0.2) is 16.3 Å². The van der Waals surface area contributed by atoms with Gasteiger partial charge in [-0.3, -0.25) is 5.43 Å². The van der Waals surface area contributed by atoms with Gasteiger partial charge in [0.15, 0.2) is 0 Å². The highest BCUT2D eigenvalue weighted by molar-refractivity contribution is 7.22. The quantitative estimate of drug-likeness (QED) is 0.388. The Hall–Kier alpha value is -3.18. The monoisotopic (exact) mass is 359 g/mol. The molecule has 0 aliphatic rings. The second-order valence-electron chi connectivity index (χ2n) is 5.91. The number of aromatic nitrogens is 1. The van der Waals surface area contributed by atoms with E-state index in [1.165, 1.54) is 5.56 Å². The topological polar surface area (TPSA) is 57.5 Å². The molecule has 0 aliphatic heterocycles. The summed E-state index contributed by atoms with van der Waals surface area (Å²) >= 11 is 1.54. The molecular formula is C21H17N3OS. The van der Waals surface area contributed by atoms with Gasteiger partial charge in [-0.05, 0) is 41.8 Å². The normalized spacial score (nSPS) is 11.2. The van der Waals surface area contributed by atoms with Crippen molar-refractivity contribution in [3.8, 4) is 5.75 Å². The third-order valence-electron chi connectivity index (χ3n) is 4.00. The highest BCUT2D eigenvalue weighted by Gasteiger charge is 2.03. The Balaban J connectivity index is 1.49. The number of hydrogen-bond donors (Lipinski definition) is 2. The minimum atomic E-state index is 0.205. The lowest BCUT2D eigenvalue weighted by Gasteiger charge is -2.05. The maximum atomic E-state index is 10.1. The molecule has 5 heteroatoms. The summed E-state index contributed by atoms with van der Waals surface area (Å²) in [6, 6.07) is 23.8. The SMILES string of the molecule is Oc1ccc(Cc2ccccc2)cc1/C=N/Nc1nc2ccccc2s1. The summed E-state index contributed by atoms with van der Waals surface area (Å²) in [5.74, 6) is 0.205. The van der Waals surface area contributed by atoms with Gasteiger partial charge in [-0.1, -0.05) is 59.9 Å². The van der Waals surface area contributed by atoms with Gasteiger partial charge < -0.3 is 5.11 Å². The number of para-hydroxylation sites is 1. The third-order valence-corrected chi connectivity index (χ3v) is 4.94. The first-order valence-electron chi connectivity index (χ1n) is 8.28. The van der Waals surface area contributed by atoms with E-state index in [0.29, 0.717) is 5.56 Å². The van der Waals surface area contributed by atoms with E-state index < -0.39 is 0 Å². The van der Waals surface area contributed by atoms with Crippen LogP contribution in [0.1, 0.15) is 16.7 Å². The van der Waals surface area contributed by atoms with Crippen molar-refractivity contribution in [1.29, 1.82) is 0 Å². The molecule has 3 aromatic carbocycles. The molecule has 0 bridgehead atoms. The fraction of sp³-hybridized carbons (Fsp3) is 0.0476. The van der Waals surface area contributed by atoms with Gasteiger partial charge in [0.1, 0.15) is 5.75 Å². The first-order valence-corrected chi connectivity index (χ1v) is 9.10. The van der Waals surface area contributed by atoms with E-state index in [-0.39, 0.29) is 5.75 Å². The van der Waals surface area contributed by atoms with Crippen molar-refractivity contribution in [2.75, 3.05) is 5.43 Å². The van der Waals surface area contributed by atoms with Crippen LogP contribution in [0.5, 0.6) is 5.75 Å². The zero-order valence-electron chi connectivity index (χ0n) is 14.0. The van der Waals surface area contributed by atoms with Crippen molar-refractivity contribution in [1.82, 2.24) is 4.98 Å². The van der Waals surface area contributed by atoms with E-state index >= 15 is 0 Å². The molecule has 4 nitrogen and oxygen atoms in total. The smallest absolute Gasteiger partial charge is 0.204 e. The molecule has 0 fully saturated rings. The Kier molecular flexibility index (Phi) is 4.62. The van der Waals surface area contributed by atoms with Crippen LogP contribution in [0.2, 0.25) is 0 Å². The molecule has 4 aromatic rings. The molecule has 0 unspecified atom stereocenters. The molecule has 128 valence electrons. The van der Waals surface area contributed by atoms with Crippen molar-refractivity contribution in [2.24, 2.45) is 5.10 Å². The Morgan fingerprint density at radius 3 is 2.62 bits per heavy atom. The summed E-state index contributed by atoms with van der Waals surface area (Å²) < 4.78 is 1.11. The predicted octanol–water partition coefficient (Wildman–Crippen LogP) is 5.04. The van der Waals surface area contributed by atoms with Gasteiger partial charge in [0.25, 0.3) is 0 Å². The lowest BCUT2D eigenvalue weighted by Crippen LogP contribution is -1.93. The van der Waals surface area contributed by atoms with E-state index in [2.05, 4.69) is 27.6 Å². The van der Waals surface area contributed by atoms with E-state index in [0.717, 1.165) is 27.3 Å². The number of aromatic hydroxyl groups is 1. The molecule has 0 spiro atoms. The number of thiazole rings is 1. The van der Waals surface area contributed by atoms with Crippen molar-refractivity contribution < 1.29 is 5.11 Å². The van der Waals surface area contributed by atoms with Crippen LogP contribution in [0.25, 0.3) is 10.2 Å². The maximum absolute atomic E-state index is 10.1. The average molecular weight is 359 g/mol. The van der Waals surface area contributed by atoms with Crippen LogP contribution in [-0.2, 0) is 6.42 Å². The van der Waals surface area contributed by atoms with E-state index in [1.807, 2.05) is 54.6 Å². The minimum Gasteiger partial charge on any atom is -0.507 e.